The SMILES string of the molecule is C=CCC(C(=O)O)C1(C)OCCO1. The molecule has 0 aliphatic carbocycles. The lowest BCUT2D eigenvalue weighted by Crippen LogP contribution is -2.40. The lowest BCUT2D eigenvalue weighted by molar-refractivity contribution is -0.196. The normalized spacial score (nSPS) is 22.5. The smallest absolute Gasteiger partial charge is 0.312 e. The first-order valence-corrected chi connectivity index (χ1v) is 4.22. The summed E-state index contributed by atoms with van der Waals surface area (Å²) in [7, 11) is 0. The third-order valence-electron chi connectivity index (χ3n) is 2.19. The van der Waals surface area contributed by atoms with Gasteiger partial charge in [-0.25, -0.2) is 0 Å². The molecule has 4 heteroatoms. The summed E-state index contributed by atoms with van der Waals surface area (Å²) in [6, 6.07) is 0. The molecule has 0 radical (unpaired) electrons. The van der Waals surface area contributed by atoms with Crippen LogP contribution in [0.5, 0.6) is 0 Å². The summed E-state index contributed by atoms with van der Waals surface area (Å²) in [5.74, 6) is -2.57. The van der Waals surface area contributed by atoms with Crippen LogP contribution in [-0.4, -0.2) is 30.1 Å². The Morgan fingerprint density at radius 3 is 2.62 bits per heavy atom. The van der Waals surface area contributed by atoms with E-state index in [0.717, 1.165) is 0 Å². The number of rotatable bonds is 4. The number of ether oxygens (including phenoxy) is 2. The second-order valence-electron chi connectivity index (χ2n) is 3.13. The van der Waals surface area contributed by atoms with Crippen molar-refractivity contribution in [1.29, 1.82) is 0 Å². The van der Waals surface area contributed by atoms with Gasteiger partial charge in [-0.3, -0.25) is 4.79 Å². The Morgan fingerprint density at radius 2 is 2.23 bits per heavy atom. The van der Waals surface area contributed by atoms with Crippen LogP contribution in [0.1, 0.15) is 13.3 Å². The summed E-state index contributed by atoms with van der Waals surface area (Å²) in [5.41, 5.74) is 0. The summed E-state index contributed by atoms with van der Waals surface area (Å²) in [6.45, 7) is 6.08. The van der Waals surface area contributed by atoms with Gasteiger partial charge in [-0.1, -0.05) is 6.08 Å². The molecular formula is C9H14O4. The van der Waals surface area contributed by atoms with Gasteiger partial charge in [0.2, 0.25) is 0 Å². The number of carboxylic acid groups (broad SMARTS) is 1. The van der Waals surface area contributed by atoms with E-state index in [4.69, 9.17) is 14.6 Å². The van der Waals surface area contributed by atoms with Crippen molar-refractivity contribution in [2.45, 2.75) is 19.1 Å². The fraction of sp³-hybridized carbons (Fsp3) is 0.667. The van der Waals surface area contributed by atoms with Crippen LogP contribution in [0.2, 0.25) is 0 Å². The Kier molecular flexibility index (Phi) is 3.06. The Balaban J connectivity index is 2.72. The number of carboxylic acids is 1. The minimum absolute atomic E-state index is 0.353. The summed E-state index contributed by atoms with van der Waals surface area (Å²) in [5, 5.41) is 8.92. The quantitative estimate of drug-likeness (QED) is 0.666. The molecule has 1 aliphatic rings. The van der Waals surface area contributed by atoms with Crippen molar-refractivity contribution in [3.05, 3.63) is 12.7 Å². The zero-order valence-corrected chi connectivity index (χ0v) is 7.66. The number of hydrogen-bond donors (Lipinski definition) is 1. The molecule has 0 spiro atoms. The summed E-state index contributed by atoms with van der Waals surface area (Å²) < 4.78 is 10.5. The molecular weight excluding hydrogens is 172 g/mol. The summed E-state index contributed by atoms with van der Waals surface area (Å²) >= 11 is 0. The highest BCUT2D eigenvalue weighted by Gasteiger charge is 2.43. The van der Waals surface area contributed by atoms with Gasteiger partial charge >= 0.3 is 5.97 Å². The average molecular weight is 186 g/mol. The molecule has 4 nitrogen and oxygen atoms in total. The highest BCUT2D eigenvalue weighted by Crippen LogP contribution is 2.30. The Hall–Kier alpha value is -0.870. The number of allylic oxidation sites excluding steroid dienone is 1. The Bertz CT molecular complexity index is 206. The van der Waals surface area contributed by atoms with E-state index in [2.05, 4.69) is 6.58 Å². The fourth-order valence-electron chi connectivity index (χ4n) is 1.44. The largest absolute Gasteiger partial charge is 0.481 e. The lowest BCUT2D eigenvalue weighted by Gasteiger charge is -2.28. The Labute approximate surface area is 77.1 Å². The van der Waals surface area contributed by atoms with Crippen molar-refractivity contribution >= 4 is 5.97 Å². The molecule has 1 saturated heterocycles. The van der Waals surface area contributed by atoms with Gasteiger partial charge in [0.15, 0.2) is 5.79 Å². The third-order valence-corrected chi connectivity index (χ3v) is 2.19. The first kappa shape index (κ1) is 10.2. The predicted octanol–water partition coefficient (Wildman–Crippen LogP) is 1.03. The molecule has 1 heterocycles. The maximum Gasteiger partial charge on any atom is 0.312 e. The van der Waals surface area contributed by atoms with Crippen molar-refractivity contribution in [1.82, 2.24) is 0 Å². The maximum absolute atomic E-state index is 10.9. The van der Waals surface area contributed by atoms with Gasteiger partial charge in [0.25, 0.3) is 0 Å². The van der Waals surface area contributed by atoms with E-state index in [1.54, 1.807) is 13.0 Å². The minimum Gasteiger partial charge on any atom is -0.481 e. The minimum atomic E-state index is -0.986. The number of aliphatic carboxylic acids is 1. The zero-order chi connectivity index (χ0) is 9.90. The molecule has 0 aromatic heterocycles. The van der Waals surface area contributed by atoms with Crippen LogP contribution in [0.3, 0.4) is 0 Å². The third kappa shape index (κ3) is 2.08. The van der Waals surface area contributed by atoms with Gasteiger partial charge in [-0.15, -0.1) is 6.58 Å². The predicted molar refractivity (Wildman–Crippen MR) is 46.2 cm³/mol. The lowest BCUT2D eigenvalue weighted by atomic mass is 9.96. The molecule has 1 aliphatic heterocycles. The molecule has 1 fully saturated rings. The van der Waals surface area contributed by atoms with Crippen molar-refractivity contribution in [2.24, 2.45) is 5.92 Å². The number of carbonyl (C=O) groups is 1. The summed E-state index contributed by atoms with van der Waals surface area (Å²) in [6.07, 6.45) is 1.92. The molecule has 1 N–H and O–H groups in total. The van der Waals surface area contributed by atoms with Crippen molar-refractivity contribution in [3.8, 4) is 0 Å². The van der Waals surface area contributed by atoms with Gasteiger partial charge in [-0.2, -0.15) is 0 Å². The van der Waals surface area contributed by atoms with Crippen LogP contribution in [0, 0.1) is 5.92 Å². The van der Waals surface area contributed by atoms with Crippen LogP contribution >= 0.6 is 0 Å². The molecule has 13 heavy (non-hydrogen) atoms. The maximum atomic E-state index is 10.9. The van der Waals surface area contributed by atoms with E-state index in [1.165, 1.54) is 0 Å². The average Bonchev–Trinajstić information content (AvgIpc) is 2.48. The zero-order valence-electron chi connectivity index (χ0n) is 7.66. The van der Waals surface area contributed by atoms with Gasteiger partial charge in [0.1, 0.15) is 5.92 Å². The number of hydrogen-bond acceptors (Lipinski definition) is 3. The van der Waals surface area contributed by atoms with Crippen LogP contribution in [-0.2, 0) is 14.3 Å². The van der Waals surface area contributed by atoms with Crippen LogP contribution in [0.15, 0.2) is 12.7 Å². The first-order chi connectivity index (χ1) is 6.10. The molecule has 0 saturated carbocycles. The van der Waals surface area contributed by atoms with E-state index in [1.807, 2.05) is 0 Å². The van der Waals surface area contributed by atoms with E-state index in [9.17, 15) is 4.79 Å². The van der Waals surface area contributed by atoms with E-state index in [-0.39, 0.29) is 0 Å². The van der Waals surface area contributed by atoms with Crippen LogP contribution in [0.4, 0.5) is 0 Å². The van der Waals surface area contributed by atoms with Gasteiger partial charge in [0, 0.05) is 0 Å². The standard InChI is InChI=1S/C9H14O4/c1-3-4-7(8(10)11)9(2)12-5-6-13-9/h3,7H,1,4-6H2,2H3,(H,10,11). The van der Waals surface area contributed by atoms with Crippen LogP contribution < -0.4 is 0 Å². The monoisotopic (exact) mass is 186 g/mol. The van der Waals surface area contributed by atoms with E-state index in [0.29, 0.717) is 19.6 Å². The molecule has 0 amide bonds. The highest BCUT2D eigenvalue weighted by molar-refractivity contribution is 5.71. The fourth-order valence-corrected chi connectivity index (χ4v) is 1.44. The second kappa shape index (κ2) is 3.89. The summed E-state index contributed by atoms with van der Waals surface area (Å²) in [4.78, 5) is 10.9. The van der Waals surface area contributed by atoms with Gasteiger partial charge in [0.05, 0.1) is 13.2 Å². The van der Waals surface area contributed by atoms with Gasteiger partial charge < -0.3 is 14.6 Å². The molecule has 1 rings (SSSR count). The Morgan fingerprint density at radius 1 is 1.69 bits per heavy atom. The van der Waals surface area contributed by atoms with Crippen molar-refractivity contribution in [3.63, 3.8) is 0 Å². The molecule has 0 aromatic rings. The first-order valence-electron chi connectivity index (χ1n) is 4.22. The van der Waals surface area contributed by atoms with Crippen molar-refractivity contribution < 1.29 is 19.4 Å². The highest BCUT2D eigenvalue weighted by atomic mass is 16.7. The van der Waals surface area contributed by atoms with E-state index >= 15 is 0 Å². The molecule has 1 unspecified atom stereocenters. The van der Waals surface area contributed by atoms with Gasteiger partial charge in [-0.05, 0) is 13.3 Å². The topological polar surface area (TPSA) is 55.8 Å². The molecule has 1 atom stereocenters. The second-order valence-corrected chi connectivity index (χ2v) is 3.13. The molecule has 74 valence electrons. The molecule has 0 bridgehead atoms. The van der Waals surface area contributed by atoms with E-state index < -0.39 is 17.7 Å². The van der Waals surface area contributed by atoms with Crippen LogP contribution in [0.25, 0.3) is 0 Å². The van der Waals surface area contributed by atoms with Crippen molar-refractivity contribution in [2.75, 3.05) is 13.2 Å². The molecule has 0 aromatic carbocycles.